The summed E-state index contributed by atoms with van der Waals surface area (Å²) < 4.78 is 6.28. The van der Waals surface area contributed by atoms with Crippen molar-refractivity contribution in [3.8, 4) is 0 Å². The maximum absolute atomic E-state index is 10.3. The van der Waals surface area contributed by atoms with E-state index in [0.717, 1.165) is 10.0 Å². The van der Waals surface area contributed by atoms with Gasteiger partial charge in [0.15, 0.2) is 0 Å². The van der Waals surface area contributed by atoms with Gasteiger partial charge in [0.2, 0.25) is 0 Å². The number of ether oxygens (including phenoxy) is 1. The van der Waals surface area contributed by atoms with E-state index in [2.05, 4.69) is 15.9 Å². The molecule has 1 saturated heterocycles. The fourth-order valence-corrected chi connectivity index (χ4v) is 2.02. The fraction of sp³-hybridized carbons (Fsp3) is 0.455. The van der Waals surface area contributed by atoms with Gasteiger partial charge in [-0.25, -0.2) is 0 Å². The molecule has 3 heteroatoms. The molecule has 76 valence electrons. The first kappa shape index (κ1) is 10.1. The highest BCUT2D eigenvalue weighted by atomic mass is 79.9. The van der Waals surface area contributed by atoms with Gasteiger partial charge < -0.3 is 9.84 Å². The van der Waals surface area contributed by atoms with Crippen LogP contribution in [-0.2, 0) is 10.3 Å². The van der Waals surface area contributed by atoms with Gasteiger partial charge in [0.05, 0.1) is 5.60 Å². The third-order valence-corrected chi connectivity index (χ3v) is 3.23. The smallest absolute Gasteiger partial charge is 0.0940 e. The summed E-state index contributed by atoms with van der Waals surface area (Å²) in [7, 11) is 0. The summed E-state index contributed by atoms with van der Waals surface area (Å²) in [5.41, 5.74) is 0.308. The molecule has 0 atom stereocenters. The van der Waals surface area contributed by atoms with E-state index in [-0.39, 0.29) is 0 Å². The van der Waals surface area contributed by atoms with Gasteiger partial charge in [-0.3, -0.25) is 0 Å². The van der Waals surface area contributed by atoms with E-state index in [0.29, 0.717) is 26.1 Å². The minimum absolute atomic E-state index is 0.645. The Morgan fingerprint density at radius 3 is 2.29 bits per heavy atom. The highest BCUT2D eigenvalue weighted by molar-refractivity contribution is 9.10. The Balaban J connectivity index is 2.23. The summed E-state index contributed by atoms with van der Waals surface area (Å²) >= 11 is 3.38. The number of aliphatic hydroxyl groups is 1. The number of halogens is 1. The van der Waals surface area contributed by atoms with E-state index < -0.39 is 5.60 Å². The van der Waals surface area contributed by atoms with Gasteiger partial charge in [-0.05, 0) is 17.7 Å². The second-order valence-electron chi connectivity index (χ2n) is 3.65. The standard InChI is InChI=1S/C11H13BrO2/c12-10-3-1-9(2-4-10)11(13)5-7-14-8-6-11/h1-4,13H,5-8H2. The van der Waals surface area contributed by atoms with Gasteiger partial charge in [-0.1, -0.05) is 28.1 Å². The molecule has 1 N–H and O–H groups in total. The molecule has 0 spiro atoms. The van der Waals surface area contributed by atoms with Crippen LogP contribution in [0.5, 0.6) is 0 Å². The summed E-state index contributed by atoms with van der Waals surface area (Å²) in [5.74, 6) is 0. The van der Waals surface area contributed by atoms with Crippen molar-refractivity contribution >= 4 is 15.9 Å². The van der Waals surface area contributed by atoms with Gasteiger partial charge in [-0.2, -0.15) is 0 Å². The SMILES string of the molecule is OC1(c2ccc(Br)cc2)CCOCC1. The zero-order chi connectivity index (χ0) is 10.0. The summed E-state index contributed by atoms with van der Waals surface area (Å²) in [5, 5.41) is 10.3. The predicted octanol–water partition coefficient (Wildman–Crippen LogP) is 2.45. The van der Waals surface area contributed by atoms with E-state index in [1.165, 1.54) is 0 Å². The van der Waals surface area contributed by atoms with Crippen LogP contribution in [0.25, 0.3) is 0 Å². The van der Waals surface area contributed by atoms with Crippen LogP contribution in [-0.4, -0.2) is 18.3 Å². The van der Waals surface area contributed by atoms with Crippen molar-refractivity contribution < 1.29 is 9.84 Å². The Kier molecular flexibility index (Phi) is 2.91. The molecule has 0 amide bonds. The van der Waals surface area contributed by atoms with Crippen LogP contribution in [0.15, 0.2) is 28.7 Å². The molecule has 2 nitrogen and oxygen atoms in total. The lowest BCUT2D eigenvalue weighted by molar-refractivity contribution is -0.0679. The molecule has 0 aliphatic carbocycles. The molecule has 0 saturated carbocycles. The van der Waals surface area contributed by atoms with E-state index in [1.54, 1.807) is 0 Å². The van der Waals surface area contributed by atoms with Crippen LogP contribution in [0.4, 0.5) is 0 Å². The van der Waals surface area contributed by atoms with Crippen LogP contribution in [0.1, 0.15) is 18.4 Å². The summed E-state index contributed by atoms with van der Waals surface area (Å²) in [6.45, 7) is 1.29. The van der Waals surface area contributed by atoms with Gasteiger partial charge >= 0.3 is 0 Å². The van der Waals surface area contributed by atoms with E-state index in [9.17, 15) is 5.11 Å². The zero-order valence-corrected chi connectivity index (χ0v) is 9.46. The third-order valence-electron chi connectivity index (χ3n) is 2.70. The third kappa shape index (κ3) is 2.00. The first-order valence-corrected chi connectivity index (χ1v) is 5.56. The Hall–Kier alpha value is -0.380. The molecular formula is C11H13BrO2. The van der Waals surface area contributed by atoms with Gasteiger partial charge in [0, 0.05) is 30.5 Å². The van der Waals surface area contributed by atoms with Crippen molar-refractivity contribution in [3.63, 3.8) is 0 Å². The largest absolute Gasteiger partial charge is 0.385 e. The lowest BCUT2D eigenvalue weighted by Crippen LogP contribution is -2.33. The lowest BCUT2D eigenvalue weighted by atomic mass is 9.87. The minimum atomic E-state index is -0.682. The van der Waals surface area contributed by atoms with Crippen molar-refractivity contribution in [2.45, 2.75) is 18.4 Å². The second kappa shape index (κ2) is 4.01. The summed E-state index contributed by atoms with van der Waals surface area (Å²) in [4.78, 5) is 0. The Labute approximate surface area is 92.0 Å². The van der Waals surface area contributed by atoms with Gasteiger partial charge in [0.1, 0.15) is 0 Å². The average molecular weight is 257 g/mol. The highest BCUT2D eigenvalue weighted by Gasteiger charge is 2.31. The average Bonchev–Trinajstić information content (AvgIpc) is 2.19. The van der Waals surface area contributed by atoms with E-state index >= 15 is 0 Å². The van der Waals surface area contributed by atoms with E-state index in [1.807, 2.05) is 24.3 Å². The second-order valence-corrected chi connectivity index (χ2v) is 4.57. The molecule has 0 radical (unpaired) electrons. The van der Waals surface area contributed by atoms with Gasteiger partial charge in [0.25, 0.3) is 0 Å². The molecule has 0 bridgehead atoms. The molecule has 1 aromatic carbocycles. The maximum Gasteiger partial charge on any atom is 0.0940 e. The molecule has 2 rings (SSSR count). The molecule has 14 heavy (non-hydrogen) atoms. The van der Waals surface area contributed by atoms with Crippen LogP contribution in [0.2, 0.25) is 0 Å². The van der Waals surface area contributed by atoms with Crippen LogP contribution in [0, 0.1) is 0 Å². The summed E-state index contributed by atoms with van der Waals surface area (Å²) in [6.07, 6.45) is 1.38. The van der Waals surface area contributed by atoms with Gasteiger partial charge in [-0.15, -0.1) is 0 Å². The number of hydrogen-bond acceptors (Lipinski definition) is 2. The van der Waals surface area contributed by atoms with Crippen LogP contribution >= 0.6 is 15.9 Å². The monoisotopic (exact) mass is 256 g/mol. The van der Waals surface area contributed by atoms with Crippen molar-refractivity contribution in [1.82, 2.24) is 0 Å². The lowest BCUT2D eigenvalue weighted by Gasteiger charge is -2.32. The number of rotatable bonds is 1. The first-order valence-electron chi connectivity index (χ1n) is 4.77. The molecule has 1 aliphatic heterocycles. The van der Waals surface area contributed by atoms with Crippen molar-refractivity contribution in [1.29, 1.82) is 0 Å². The van der Waals surface area contributed by atoms with E-state index in [4.69, 9.17) is 4.74 Å². The minimum Gasteiger partial charge on any atom is -0.385 e. The number of benzene rings is 1. The Bertz CT molecular complexity index is 302. The topological polar surface area (TPSA) is 29.5 Å². The maximum atomic E-state index is 10.3. The highest BCUT2D eigenvalue weighted by Crippen LogP contribution is 2.32. The zero-order valence-electron chi connectivity index (χ0n) is 7.87. The van der Waals surface area contributed by atoms with Crippen LogP contribution in [0.3, 0.4) is 0 Å². The number of hydrogen-bond donors (Lipinski definition) is 1. The molecule has 1 aliphatic rings. The van der Waals surface area contributed by atoms with Crippen molar-refractivity contribution in [3.05, 3.63) is 34.3 Å². The quantitative estimate of drug-likeness (QED) is 0.837. The molecule has 0 unspecified atom stereocenters. The Morgan fingerprint density at radius 2 is 1.71 bits per heavy atom. The molecular weight excluding hydrogens is 244 g/mol. The molecule has 1 heterocycles. The normalized spacial score (nSPS) is 20.7. The molecule has 1 fully saturated rings. The van der Waals surface area contributed by atoms with Crippen LogP contribution < -0.4 is 0 Å². The first-order chi connectivity index (χ1) is 6.71. The van der Waals surface area contributed by atoms with Crippen molar-refractivity contribution in [2.75, 3.05) is 13.2 Å². The summed E-state index contributed by atoms with van der Waals surface area (Å²) in [6, 6.07) is 7.86. The predicted molar refractivity (Wildman–Crippen MR) is 58.1 cm³/mol. The molecule has 0 aromatic heterocycles. The fourth-order valence-electron chi connectivity index (χ4n) is 1.76. The molecule has 1 aromatic rings. The van der Waals surface area contributed by atoms with Crippen molar-refractivity contribution in [2.24, 2.45) is 0 Å². The Morgan fingerprint density at radius 1 is 1.14 bits per heavy atom.